The first-order valence-electron chi connectivity index (χ1n) is 11.5. The number of hydrogen-bond donors (Lipinski definition) is 0. The Morgan fingerprint density at radius 2 is 1.75 bits per heavy atom. The van der Waals surface area contributed by atoms with Gasteiger partial charge in [0.15, 0.2) is 0 Å². The van der Waals surface area contributed by atoms with E-state index in [1.807, 2.05) is 54.4 Å². The van der Waals surface area contributed by atoms with E-state index in [0.29, 0.717) is 13.0 Å². The fraction of sp³-hybridized carbons (Fsp3) is 0.333. The summed E-state index contributed by atoms with van der Waals surface area (Å²) >= 11 is 0. The van der Waals surface area contributed by atoms with Crippen molar-refractivity contribution in [1.29, 1.82) is 0 Å². The van der Waals surface area contributed by atoms with E-state index in [1.165, 1.54) is 0 Å². The molecule has 4 rings (SSSR count). The fourth-order valence-electron chi connectivity index (χ4n) is 4.52. The van der Waals surface area contributed by atoms with Crippen LogP contribution in [0.3, 0.4) is 0 Å². The second kappa shape index (κ2) is 9.43. The molecule has 0 spiro atoms. The summed E-state index contributed by atoms with van der Waals surface area (Å²) in [5.41, 5.74) is 5.11. The molecule has 1 unspecified atom stereocenters. The number of rotatable bonds is 7. The fourth-order valence-corrected chi connectivity index (χ4v) is 4.52. The number of fused-ring (bicyclic) bond motifs is 3. The lowest BCUT2D eigenvalue weighted by molar-refractivity contribution is -0.135. The number of anilines is 1. The first-order chi connectivity index (χ1) is 15.5. The molecule has 0 fully saturated rings. The molecule has 1 atom stereocenters. The third kappa shape index (κ3) is 4.07. The van der Waals surface area contributed by atoms with Crippen LogP contribution in [-0.4, -0.2) is 34.4 Å². The number of hydrogen-bond acceptors (Lipinski definition) is 2. The third-order valence-electron chi connectivity index (χ3n) is 6.11. The quantitative estimate of drug-likeness (QED) is 0.514. The summed E-state index contributed by atoms with van der Waals surface area (Å²) in [5, 5.41) is 0. The molecule has 5 nitrogen and oxygen atoms in total. The van der Waals surface area contributed by atoms with E-state index in [0.717, 1.165) is 41.0 Å². The summed E-state index contributed by atoms with van der Waals surface area (Å²) in [5.74, 6) is -0.0399. The van der Waals surface area contributed by atoms with Gasteiger partial charge in [0.1, 0.15) is 12.6 Å². The molecule has 0 saturated carbocycles. The summed E-state index contributed by atoms with van der Waals surface area (Å²) in [6.45, 7) is 6.71. The molecule has 2 amide bonds. The number of benzene rings is 2. The van der Waals surface area contributed by atoms with Crippen LogP contribution in [-0.2, 0) is 9.59 Å². The van der Waals surface area contributed by atoms with Gasteiger partial charge in [0.05, 0.1) is 17.1 Å². The molecule has 1 aliphatic rings. The van der Waals surface area contributed by atoms with E-state index in [-0.39, 0.29) is 24.4 Å². The third-order valence-corrected chi connectivity index (χ3v) is 6.11. The Bertz CT molecular complexity index is 1120. The Morgan fingerprint density at radius 1 is 0.969 bits per heavy atom. The Labute approximate surface area is 190 Å². The van der Waals surface area contributed by atoms with Crippen molar-refractivity contribution in [1.82, 2.24) is 9.47 Å². The van der Waals surface area contributed by atoms with Gasteiger partial charge < -0.3 is 9.47 Å². The van der Waals surface area contributed by atoms with Crippen LogP contribution in [0.15, 0.2) is 66.9 Å². The maximum absolute atomic E-state index is 13.9. The van der Waals surface area contributed by atoms with Crippen LogP contribution in [0, 0.1) is 6.92 Å². The molecular formula is C27H31N3O2. The number of carbonyl (C=O) groups excluding carboxylic acids is 2. The lowest BCUT2D eigenvalue weighted by atomic mass is 9.96. The highest BCUT2D eigenvalue weighted by atomic mass is 16.2. The van der Waals surface area contributed by atoms with Gasteiger partial charge in [-0.3, -0.25) is 14.5 Å². The molecule has 32 heavy (non-hydrogen) atoms. The molecule has 5 heteroatoms. The topological polar surface area (TPSA) is 45.6 Å². The number of aromatic nitrogens is 1. The number of unbranched alkanes of at least 4 members (excludes halogenated alkanes) is 1. The Morgan fingerprint density at radius 3 is 2.47 bits per heavy atom. The minimum Gasteiger partial charge on any atom is -0.333 e. The van der Waals surface area contributed by atoms with Crippen molar-refractivity contribution in [3.05, 3.63) is 83.7 Å². The molecule has 0 aliphatic carbocycles. The maximum atomic E-state index is 13.9. The van der Waals surface area contributed by atoms with Gasteiger partial charge in [0, 0.05) is 19.2 Å². The summed E-state index contributed by atoms with van der Waals surface area (Å²) < 4.78 is 2.16. The first kappa shape index (κ1) is 21.9. The molecule has 166 valence electrons. The average Bonchev–Trinajstić information content (AvgIpc) is 3.30. The standard InChI is InChI=1S/C27H31N3O2/c1-4-6-16-28(25(31)5-2)19-26(32)30-23-14-8-7-13-22(23)29-17-10-15-24(29)27(30)21-12-9-11-20(3)18-21/h7-15,17-18,27H,4-6,16,19H2,1-3H3. The summed E-state index contributed by atoms with van der Waals surface area (Å²) in [4.78, 5) is 30.1. The summed E-state index contributed by atoms with van der Waals surface area (Å²) in [7, 11) is 0. The molecule has 2 heterocycles. The van der Waals surface area contributed by atoms with Gasteiger partial charge in [-0.15, -0.1) is 0 Å². The van der Waals surface area contributed by atoms with Gasteiger partial charge in [-0.1, -0.05) is 62.2 Å². The number of amides is 2. The van der Waals surface area contributed by atoms with Gasteiger partial charge in [0.2, 0.25) is 11.8 Å². The monoisotopic (exact) mass is 429 g/mol. The van der Waals surface area contributed by atoms with Gasteiger partial charge >= 0.3 is 0 Å². The molecule has 0 saturated heterocycles. The number of aryl methyl sites for hydroxylation is 1. The predicted octanol–water partition coefficient (Wildman–Crippen LogP) is 5.26. The van der Waals surface area contributed by atoms with Crippen LogP contribution in [0.2, 0.25) is 0 Å². The summed E-state index contributed by atoms with van der Waals surface area (Å²) in [6, 6.07) is 20.2. The normalized spacial score (nSPS) is 14.6. The van der Waals surface area contributed by atoms with E-state index >= 15 is 0 Å². The molecule has 0 radical (unpaired) electrons. The highest BCUT2D eigenvalue weighted by Gasteiger charge is 2.36. The van der Waals surface area contributed by atoms with Crippen molar-refractivity contribution in [2.24, 2.45) is 0 Å². The lowest BCUT2D eigenvalue weighted by Crippen LogP contribution is -2.46. The second-order valence-electron chi connectivity index (χ2n) is 8.39. The Balaban J connectivity index is 1.80. The zero-order valence-electron chi connectivity index (χ0n) is 19.1. The maximum Gasteiger partial charge on any atom is 0.247 e. The van der Waals surface area contributed by atoms with E-state index in [1.54, 1.807) is 4.90 Å². The Hall–Kier alpha value is -3.34. The first-order valence-corrected chi connectivity index (χ1v) is 11.5. The van der Waals surface area contributed by atoms with Crippen LogP contribution >= 0.6 is 0 Å². The van der Waals surface area contributed by atoms with Crippen molar-refractivity contribution in [3.8, 4) is 5.69 Å². The van der Waals surface area contributed by atoms with Crippen LogP contribution < -0.4 is 4.90 Å². The molecule has 1 aromatic heterocycles. The predicted molar refractivity (Wildman–Crippen MR) is 128 cm³/mol. The second-order valence-corrected chi connectivity index (χ2v) is 8.39. The molecule has 1 aliphatic heterocycles. The van der Waals surface area contributed by atoms with Crippen molar-refractivity contribution in [2.75, 3.05) is 18.0 Å². The highest BCUT2D eigenvalue weighted by Crippen LogP contribution is 2.42. The lowest BCUT2D eigenvalue weighted by Gasteiger charge is -2.39. The highest BCUT2D eigenvalue weighted by molar-refractivity contribution is 6.00. The van der Waals surface area contributed by atoms with E-state index < -0.39 is 0 Å². The van der Waals surface area contributed by atoms with Crippen LogP contribution in [0.4, 0.5) is 5.69 Å². The van der Waals surface area contributed by atoms with Gasteiger partial charge in [-0.05, 0) is 43.2 Å². The van der Waals surface area contributed by atoms with Crippen LogP contribution in [0.25, 0.3) is 5.69 Å². The van der Waals surface area contributed by atoms with Crippen molar-refractivity contribution in [2.45, 2.75) is 46.1 Å². The van der Waals surface area contributed by atoms with E-state index in [9.17, 15) is 9.59 Å². The smallest absolute Gasteiger partial charge is 0.247 e. The van der Waals surface area contributed by atoms with Crippen molar-refractivity contribution < 1.29 is 9.59 Å². The molecule has 0 N–H and O–H groups in total. The van der Waals surface area contributed by atoms with Crippen molar-refractivity contribution in [3.63, 3.8) is 0 Å². The van der Waals surface area contributed by atoms with Crippen LogP contribution in [0.5, 0.6) is 0 Å². The van der Waals surface area contributed by atoms with Crippen LogP contribution in [0.1, 0.15) is 56.0 Å². The number of nitrogens with zero attached hydrogens (tertiary/aromatic N) is 3. The zero-order chi connectivity index (χ0) is 22.7. The number of carbonyl (C=O) groups is 2. The Kier molecular flexibility index (Phi) is 6.45. The van der Waals surface area contributed by atoms with Gasteiger partial charge in [-0.2, -0.15) is 0 Å². The molecular weight excluding hydrogens is 398 g/mol. The summed E-state index contributed by atoms with van der Waals surface area (Å²) in [6.07, 6.45) is 4.32. The largest absolute Gasteiger partial charge is 0.333 e. The number of para-hydroxylation sites is 2. The molecule has 2 aromatic carbocycles. The zero-order valence-corrected chi connectivity index (χ0v) is 19.1. The van der Waals surface area contributed by atoms with Gasteiger partial charge in [0.25, 0.3) is 0 Å². The minimum absolute atomic E-state index is 0.0209. The van der Waals surface area contributed by atoms with E-state index in [4.69, 9.17) is 0 Å². The molecule has 3 aromatic rings. The SMILES string of the molecule is CCCCN(CC(=O)N1c2ccccc2-n2cccc2C1c1cccc(C)c1)C(=O)CC. The average molecular weight is 430 g/mol. The van der Waals surface area contributed by atoms with Gasteiger partial charge in [-0.25, -0.2) is 0 Å². The van der Waals surface area contributed by atoms with E-state index in [2.05, 4.69) is 42.7 Å². The minimum atomic E-state index is -0.253. The molecule has 0 bridgehead atoms. The van der Waals surface area contributed by atoms with Crippen molar-refractivity contribution >= 4 is 17.5 Å².